The first-order valence-corrected chi connectivity index (χ1v) is 7.70. The monoisotopic (exact) mass is 281 g/mol. The molecular formula is C20H27N. The lowest BCUT2D eigenvalue weighted by atomic mass is 9.81. The molecule has 0 amide bonds. The highest BCUT2D eigenvalue weighted by Crippen LogP contribution is 2.33. The van der Waals surface area contributed by atoms with Gasteiger partial charge in [-0.3, -0.25) is 0 Å². The summed E-state index contributed by atoms with van der Waals surface area (Å²) in [5.41, 5.74) is 4.09. The fourth-order valence-electron chi connectivity index (χ4n) is 3.20. The fourth-order valence-corrected chi connectivity index (χ4v) is 3.20. The molecule has 112 valence electrons. The molecule has 0 aromatic heterocycles. The average Bonchev–Trinajstić information content (AvgIpc) is 2.37. The summed E-state index contributed by atoms with van der Waals surface area (Å²) in [6.07, 6.45) is 1.11. The lowest BCUT2D eigenvalue weighted by molar-refractivity contribution is 0.302. The molecule has 1 nitrogen and oxygen atoms in total. The molecule has 0 atom stereocenters. The van der Waals surface area contributed by atoms with Gasteiger partial charge in [0.2, 0.25) is 0 Å². The molecule has 2 rings (SSSR count). The second kappa shape index (κ2) is 5.93. The van der Waals surface area contributed by atoms with E-state index in [0.717, 1.165) is 6.42 Å². The van der Waals surface area contributed by atoms with Crippen LogP contribution in [0.3, 0.4) is 0 Å². The summed E-state index contributed by atoms with van der Waals surface area (Å²) in [5.74, 6) is 0. The third kappa shape index (κ3) is 4.63. The Bertz CT molecular complexity index is 576. The summed E-state index contributed by atoms with van der Waals surface area (Å²) in [4.78, 5) is 0. The van der Waals surface area contributed by atoms with E-state index in [0.29, 0.717) is 5.41 Å². The highest BCUT2D eigenvalue weighted by atomic mass is 15.0. The molecule has 2 aromatic rings. The smallest absolute Gasteiger partial charge is 0.0423 e. The Morgan fingerprint density at radius 3 is 1.95 bits per heavy atom. The second-order valence-corrected chi connectivity index (χ2v) is 7.66. The van der Waals surface area contributed by atoms with Gasteiger partial charge in [-0.1, -0.05) is 69.3 Å². The van der Waals surface area contributed by atoms with Gasteiger partial charge in [0, 0.05) is 16.8 Å². The van der Waals surface area contributed by atoms with Crippen molar-refractivity contribution < 1.29 is 0 Å². The van der Waals surface area contributed by atoms with Crippen molar-refractivity contribution in [2.45, 2.75) is 46.6 Å². The van der Waals surface area contributed by atoms with E-state index in [1.807, 2.05) is 0 Å². The van der Waals surface area contributed by atoms with E-state index in [1.165, 1.54) is 16.8 Å². The second-order valence-electron chi connectivity index (χ2n) is 7.66. The van der Waals surface area contributed by atoms with Crippen molar-refractivity contribution in [2.75, 3.05) is 5.32 Å². The predicted octanol–water partition coefficient (Wildman–Crippen LogP) is 5.98. The van der Waals surface area contributed by atoms with E-state index in [-0.39, 0.29) is 5.54 Å². The molecule has 0 aliphatic rings. The maximum absolute atomic E-state index is 3.74. The van der Waals surface area contributed by atoms with Gasteiger partial charge in [0.05, 0.1) is 0 Å². The Labute approximate surface area is 129 Å². The number of hydrogen-bond acceptors (Lipinski definition) is 1. The van der Waals surface area contributed by atoms with Gasteiger partial charge in [-0.2, -0.15) is 0 Å². The molecule has 0 heterocycles. The first-order chi connectivity index (χ1) is 9.77. The number of anilines is 1. The van der Waals surface area contributed by atoms with Gasteiger partial charge in [0.15, 0.2) is 0 Å². The Balaban J connectivity index is 2.29. The van der Waals surface area contributed by atoms with Crippen LogP contribution < -0.4 is 5.32 Å². The SMILES string of the molecule is CC(C)(C)CC(C)(C)Nc1ccccc1-c1ccccc1. The van der Waals surface area contributed by atoms with Crippen LogP contribution in [0.1, 0.15) is 41.0 Å². The minimum atomic E-state index is 0.0587. The van der Waals surface area contributed by atoms with Crippen molar-refractivity contribution in [3.63, 3.8) is 0 Å². The zero-order chi connectivity index (χ0) is 15.5. The van der Waals surface area contributed by atoms with Crippen molar-refractivity contribution in [3.05, 3.63) is 54.6 Å². The normalized spacial score (nSPS) is 12.2. The fraction of sp³-hybridized carbons (Fsp3) is 0.400. The molecule has 0 fully saturated rings. The topological polar surface area (TPSA) is 12.0 Å². The van der Waals surface area contributed by atoms with E-state index in [4.69, 9.17) is 0 Å². The average molecular weight is 281 g/mol. The van der Waals surface area contributed by atoms with Gasteiger partial charge in [0.1, 0.15) is 0 Å². The largest absolute Gasteiger partial charge is 0.380 e. The number of benzene rings is 2. The Morgan fingerprint density at radius 1 is 0.762 bits per heavy atom. The predicted molar refractivity (Wildman–Crippen MR) is 93.7 cm³/mol. The molecule has 2 aromatic carbocycles. The molecule has 21 heavy (non-hydrogen) atoms. The Hall–Kier alpha value is -1.76. The molecule has 0 unspecified atom stereocenters. The van der Waals surface area contributed by atoms with E-state index in [1.54, 1.807) is 0 Å². The quantitative estimate of drug-likeness (QED) is 0.727. The number of hydrogen-bond donors (Lipinski definition) is 1. The zero-order valence-corrected chi connectivity index (χ0v) is 13.9. The maximum Gasteiger partial charge on any atom is 0.0423 e. The number of nitrogens with one attached hydrogen (secondary N) is 1. The molecule has 0 aliphatic heterocycles. The van der Waals surface area contributed by atoms with Gasteiger partial charge < -0.3 is 5.32 Å². The van der Waals surface area contributed by atoms with Crippen LogP contribution in [-0.2, 0) is 0 Å². The van der Waals surface area contributed by atoms with Crippen LogP contribution in [0.15, 0.2) is 54.6 Å². The first-order valence-electron chi connectivity index (χ1n) is 7.70. The minimum absolute atomic E-state index is 0.0587. The highest BCUT2D eigenvalue weighted by molar-refractivity contribution is 5.78. The van der Waals surface area contributed by atoms with Crippen molar-refractivity contribution >= 4 is 5.69 Å². The molecule has 0 radical (unpaired) electrons. The van der Waals surface area contributed by atoms with Crippen LogP contribution in [0.4, 0.5) is 5.69 Å². The summed E-state index contributed by atoms with van der Waals surface area (Å²) < 4.78 is 0. The van der Waals surface area contributed by atoms with Crippen LogP contribution in [-0.4, -0.2) is 5.54 Å². The molecule has 1 heteroatoms. The standard InChI is InChI=1S/C20H27N/c1-19(2,3)15-20(4,5)21-18-14-10-9-13-17(18)16-11-7-6-8-12-16/h6-14,21H,15H2,1-5H3. The number of para-hydroxylation sites is 1. The molecule has 0 aliphatic carbocycles. The lowest BCUT2D eigenvalue weighted by Gasteiger charge is -2.35. The van der Waals surface area contributed by atoms with Gasteiger partial charge in [-0.05, 0) is 37.3 Å². The third-order valence-corrected chi connectivity index (χ3v) is 3.46. The first kappa shape index (κ1) is 15.6. The van der Waals surface area contributed by atoms with E-state index < -0.39 is 0 Å². The Morgan fingerprint density at radius 2 is 1.33 bits per heavy atom. The van der Waals surface area contributed by atoms with Gasteiger partial charge in [-0.15, -0.1) is 0 Å². The van der Waals surface area contributed by atoms with E-state index in [2.05, 4.69) is 94.5 Å². The Kier molecular flexibility index (Phi) is 4.41. The minimum Gasteiger partial charge on any atom is -0.380 e. The van der Waals surface area contributed by atoms with Crippen molar-refractivity contribution in [2.24, 2.45) is 5.41 Å². The molecular weight excluding hydrogens is 254 g/mol. The lowest BCUT2D eigenvalue weighted by Crippen LogP contribution is -2.35. The molecule has 0 bridgehead atoms. The van der Waals surface area contributed by atoms with Crippen LogP contribution >= 0.6 is 0 Å². The van der Waals surface area contributed by atoms with Gasteiger partial charge >= 0.3 is 0 Å². The summed E-state index contributed by atoms with van der Waals surface area (Å²) in [6.45, 7) is 11.4. The van der Waals surface area contributed by atoms with Crippen molar-refractivity contribution in [3.8, 4) is 11.1 Å². The van der Waals surface area contributed by atoms with Crippen molar-refractivity contribution in [1.82, 2.24) is 0 Å². The summed E-state index contributed by atoms with van der Waals surface area (Å²) in [7, 11) is 0. The van der Waals surface area contributed by atoms with Gasteiger partial charge in [-0.25, -0.2) is 0 Å². The molecule has 1 N–H and O–H groups in total. The molecule has 0 saturated carbocycles. The summed E-state index contributed by atoms with van der Waals surface area (Å²) in [6, 6.07) is 19.1. The summed E-state index contributed by atoms with van der Waals surface area (Å²) >= 11 is 0. The van der Waals surface area contributed by atoms with E-state index >= 15 is 0 Å². The van der Waals surface area contributed by atoms with Crippen LogP contribution in [0.2, 0.25) is 0 Å². The summed E-state index contributed by atoms with van der Waals surface area (Å²) in [5, 5.41) is 3.74. The number of rotatable bonds is 4. The van der Waals surface area contributed by atoms with Crippen molar-refractivity contribution in [1.29, 1.82) is 0 Å². The van der Waals surface area contributed by atoms with Crippen LogP contribution in [0.25, 0.3) is 11.1 Å². The maximum atomic E-state index is 3.74. The molecule has 0 spiro atoms. The van der Waals surface area contributed by atoms with E-state index in [9.17, 15) is 0 Å². The van der Waals surface area contributed by atoms with Crippen LogP contribution in [0, 0.1) is 5.41 Å². The van der Waals surface area contributed by atoms with Crippen LogP contribution in [0.5, 0.6) is 0 Å². The highest BCUT2D eigenvalue weighted by Gasteiger charge is 2.25. The van der Waals surface area contributed by atoms with Gasteiger partial charge in [0.25, 0.3) is 0 Å². The third-order valence-electron chi connectivity index (χ3n) is 3.46. The molecule has 0 saturated heterocycles. The zero-order valence-electron chi connectivity index (χ0n) is 13.9.